The zero-order valence-electron chi connectivity index (χ0n) is 6.12. The van der Waals surface area contributed by atoms with Gasteiger partial charge in [0.2, 0.25) is 0 Å². The van der Waals surface area contributed by atoms with E-state index >= 15 is 0 Å². The molecular formula is C7H15NO2. The van der Waals surface area contributed by atoms with Gasteiger partial charge in [-0.25, -0.2) is 0 Å². The largest absolute Gasteiger partial charge is 0.389 e. The molecule has 0 bridgehead atoms. The second-order valence-electron chi connectivity index (χ2n) is 2.71. The number of hydrogen-bond donors (Lipinski definition) is 2. The van der Waals surface area contributed by atoms with Gasteiger partial charge in [-0.2, -0.15) is 0 Å². The molecule has 1 heterocycles. The maximum Gasteiger partial charge on any atom is 0.0923 e. The van der Waals surface area contributed by atoms with Crippen LogP contribution < -0.4 is 5.73 Å². The first-order valence-corrected chi connectivity index (χ1v) is 3.84. The highest BCUT2D eigenvalue weighted by Gasteiger charge is 2.20. The highest BCUT2D eigenvalue weighted by atomic mass is 16.5. The van der Waals surface area contributed by atoms with Gasteiger partial charge in [0.15, 0.2) is 0 Å². The minimum Gasteiger partial charge on any atom is -0.389 e. The van der Waals surface area contributed by atoms with Crippen molar-refractivity contribution in [3.8, 4) is 0 Å². The molecule has 1 unspecified atom stereocenters. The summed E-state index contributed by atoms with van der Waals surface area (Å²) in [7, 11) is 0. The molecule has 60 valence electrons. The van der Waals surface area contributed by atoms with Crippen molar-refractivity contribution in [1.29, 1.82) is 0 Å². The van der Waals surface area contributed by atoms with E-state index in [0.29, 0.717) is 6.54 Å². The highest BCUT2D eigenvalue weighted by Crippen LogP contribution is 2.14. The molecule has 1 aliphatic rings. The summed E-state index contributed by atoms with van der Waals surface area (Å²) < 4.78 is 5.30. The second kappa shape index (κ2) is 3.91. The van der Waals surface area contributed by atoms with Gasteiger partial charge in [0.1, 0.15) is 0 Å². The van der Waals surface area contributed by atoms with E-state index in [-0.39, 0.29) is 6.10 Å². The summed E-state index contributed by atoms with van der Waals surface area (Å²) in [5.41, 5.74) is 5.27. The van der Waals surface area contributed by atoms with Crippen molar-refractivity contribution < 1.29 is 9.84 Å². The molecule has 0 amide bonds. The van der Waals surface area contributed by atoms with E-state index in [2.05, 4.69) is 0 Å². The molecule has 2 atom stereocenters. The van der Waals surface area contributed by atoms with Crippen LogP contribution in [-0.4, -0.2) is 30.5 Å². The summed E-state index contributed by atoms with van der Waals surface area (Å²) in [4.78, 5) is 0. The molecule has 0 radical (unpaired) electrons. The molecule has 3 N–H and O–H groups in total. The predicted octanol–water partition coefficient (Wildman–Crippen LogP) is -0.125. The lowest BCUT2D eigenvalue weighted by molar-refractivity contribution is -0.0578. The third-order valence-corrected chi connectivity index (χ3v) is 1.89. The Balaban J connectivity index is 2.24. The van der Waals surface area contributed by atoms with Gasteiger partial charge in [-0.15, -0.1) is 0 Å². The van der Waals surface area contributed by atoms with Gasteiger partial charge < -0.3 is 15.6 Å². The van der Waals surface area contributed by atoms with Crippen LogP contribution in [0.3, 0.4) is 0 Å². The smallest absolute Gasteiger partial charge is 0.0923 e. The summed E-state index contributed by atoms with van der Waals surface area (Å²) in [6, 6.07) is 0. The lowest BCUT2D eigenvalue weighted by Gasteiger charge is -2.25. The molecule has 10 heavy (non-hydrogen) atoms. The van der Waals surface area contributed by atoms with Crippen molar-refractivity contribution in [2.24, 2.45) is 5.73 Å². The number of nitrogens with two attached hydrogens (primary N) is 1. The van der Waals surface area contributed by atoms with Crippen molar-refractivity contribution in [3.63, 3.8) is 0 Å². The van der Waals surface area contributed by atoms with Crippen LogP contribution in [-0.2, 0) is 4.74 Å². The van der Waals surface area contributed by atoms with Crippen LogP contribution in [0, 0.1) is 0 Å². The Morgan fingerprint density at radius 1 is 1.60 bits per heavy atom. The predicted molar refractivity (Wildman–Crippen MR) is 38.7 cm³/mol. The lowest BCUT2D eigenvalue weighted by atomic mass is 10.0. The van der Waals surface area contributed by atoms with Crippen LogP contribution in [0.2, 0.25) is 0 Å². The van der Waals surface area contributed by atoms with Crippen LogP contribution in [0.15, 0.2) is 0 Å². The summed E-state index contributed by atoms with van der Waals surface area (Å²) in [6.45, 7) is 1.09. The Bertz CT molecular complexity index is 91.6. The number of aliphatic hydroxyl groups excluding tert-OH is 1. The molecule has 1 fully saturated rings. The zero-order valence-corrected chi connectivity index (χ0v) is 6.12. The normalized spacial score (nSPS) is 30.0. The molecule has 0 spiro atoms. The first kappa shape index (κ1) is 7.98. The standard InChI is InChI=1S/C7H15NO2/c8-5-6(9)7-3-1-2-4-10-7/h6-7,9H,1-5,8H2/t6-,7?/m0/s1. The Labute approximate surface area is 61.2 Å². The fourth-order valence-electron chi connectivity index (χ4n) is 1.22. The SMILES string of the molecule is NC[C@H](O)C1CCCCO1. The third-order valence-electron chi connectivity index (χ3n) is 1.89. The topological polar surface area (TPSA) is 55.5 Å². The summed E-state index contributed by atoms with van der Waals surface area (Å²) in [5.74, 6) is 0. The quantitative estimate of drug-likeness (QED) is 0.569. The van der Waals surface area contributed by atoms with Crippen molar-refractivity contribution >= 4 is 0 Å². The Morgan fingerprint density at radius 3 is 2.90 bits per heavy atom. The second-order valence-corrected chi connectivity index (χ2v) is 2.71. The average Bonchev–Trinajstić information content (AvgIpc) is 2.05. The van der Waals surface area contributed by atoms with Gasteiger partial charge >= 0.3 is 0 Å². The molecule has 0 saturated carbocycles. The van der Waals surface area contributed by atoms with Crippen molar-refractivity contribution in [2.45, 2.75) is 31.5 Å². The molecule has 1 rings (SSSR count). The third kappa shape index (κ3) is 1.94. The average molecular weight is 145 g/mol. The summed E-state index contributed by atoms with van der Waals surface area (Å²) >= 11 is 0. The minimum atomic E-state index is -0.458. The van der Waals surface area contributed by atoms with E-state index in [4.69, 9.17) is 10.5 Å². The van der Waals surface area contributed by atoms with Gasteiger partial charge in [-0.3, -0.25) is 0 Å². The number of rotatable bonds is 2. The minimum absolute atomic E-state index is 0.00116. The molecular weight excluding hydrogens is 130 g/mol. The first-order valence-electron chi connectivity index (χ1n) is 3.84. The highest BCUT2D eigenvalue weighted by molar-refractivity contribution is 4.72. The number of hydrogen-bond acceptors (Lipinski definition) is 3. The monoisotopic (exact) mass is 145 g/mol. The fraction of sp³-hybridized carbons (Fsp3) is 1.00. The van der Waals surface area contributed by atoms with Gasteiger partial charge in [-0.1, -0.05) is 0 Å². The summed E-state index contributed by atoms with van der Waals surface area (Å²) in [6.07, 6.45) is 2.77. The van der Waals surface area contributed by atoms with Crippen molar-refractivity contribution in [2.75, 3.05) is 13.2 Å². The van der Waals surface area contributed by atoms with E-state index in [1.54, 1.807) is 0 Å². The first-order chi connectivity index (χ1) is 4.84. The summed E-state index contributed by atoms with van der Waals surface area (Å²) in [5, 5.41) is 9.23. The van der Waals surface area contributed by atoms with E-state index in [9.17, 15) is 5.11 Å². The maximum atomic E-state index is 9.23. The Kier molecular flexibility index (Phi) is 3.12. The van der Waals surface area contributed by atoms with E-state index < -0.39 is 6.10 Å². The van der Waals surface area contributed by atoms with Gasteiger partial charge in [-0.05, 0) is 19.3 Å². The Hall–Kier alpha value is -0.120. The molecule has 3 heteroatoms. The van der Waals surface area contributed by atoms with Crippen molar-refractivity contribution in [3.05, 3.63) is 0 Å². The molecule has 0 aliphatic carbocycles. The Morgan fingerprint density at radius 2 is 2.40 bits per heavy atom. The number of aliphatic hydroxyl groups is 1. The van der Waals surface area contributed by atoms with Crippen LogP contribution in [0.25, 0.3) is 0 Å². The van der Waals surface area contributed by atoms with Gasteiger partial charge in [0, 0.05) is 13.2 Å². The van der Waals surface area contributed by atoms with Gasteiger partial charge in [0.25, 0.3) is 0 Å². The molecule has 1 aliphatic heterocycles. The van der Waals surface area contributed by atoms with E-state index in [0.717, 1.165) is 25.9 Å². The van der Waals surface area contributed by atoms with E-state index in [1.165, 1.54) is 0 Å². The van der Waals surface area contributed by atoms with E-state index in [1.807, 2.05) is 0 Å². The maximum absolute atomic E-state index is 9.23. The molecule has 0 aromatic rings. The van der Waals surface area contributed by atoms with Crippen LogP contribution in [0.4, 0.5) is 0 Å². The van der Waals surface area contributed by atoms with Crippen LogP contribution in [0.5, 0.6) is 0 Å². The zero-order chi connectivity index (χ0) is 7.40. The molecule has 0 aromatic carbocycles. The van der Waals surface area contributed by atoms with Crippen LogP contribution in [0.1, 0.15) is 19.3 Å². The molecule has 0 aromatic heterocycles. The van der Waals surface area contributed by atoms with Crippen LogP contribution >= 0.6 is 0 Å². The molecule has 3 nitrogen and oxygen atoms in total. The lowest BCUT2D eigenvalue weighted by Crippen LogP contribution is -2.37. The van der Waals surface area contributed by atoms with Crippen molar-refractivity contribution in [1.82, 2.24) is 0 Å². The fourth-order valence-corrected chi connectivity index (χ4v) is 1.22. The molecule has 1 saturated heterocycles. The van der Waals surface area contributed by atoms with Gasteiger partial charge in [0.05, 0.1) is 12.2 Å². The number of ether oxygens (including phenoxy) is 1.